The van der Waals surface area contributed by atoms with Crippen LogP contribution in [0.25, 0.3) is 0 Å². The maximum atomic E-state index is 5.20. The molecule has 0 saturated carbocycles. The molecule has 2 heteroatoms. The Kier molecular flexibility index (Phi) is 7.77. The number of nitrogens with one attached hydrogen (secondary N) is 1. The molecule has 0 aliphatic rings. The average molecular weight is 182 g/mol. The maximum Gasteiger partial charge on any atom is 0.00866 e. The van der Waals surface area contributed by atoms with E-state index in [9.17, 15) is 0 Å². The molecule has 0 saturated heterocycles. The zero-order valence-corrected chi connectivity index (χ0v) is 9.14. The number of rotatable bonds is 7. The molecule has 1 unspecified atom stereocenters. The van der Waals surface area contributed by atoms with Gasteiger partial charge in [-0.15, -0.1) is 12.3 Å². The number of terminal acetylenes is 1. The third-order valence-electron chi connectivity index (χ3n) is 2.21. The highest BCUT2D eigenvalue weighted by atomic mass is 15.1. The Hall–Kier alpha value is -0.520. The van der Waals surface area contributed by atoms with E-state index in [1.165, 1.54) is 12.8 Å². The largest absolute Gasteiger partial charge is 0.317 e. The van der Waals surface area contributed by atoms with Crippen LogP contribution in [0.1, 0.15) is 25.7 Å². The van der Waals surface area contributed by atoms with Crippen molar-refractivity contribution in [1.29, 1.82) is 0 Å². The molecule has 1 N–H and O–H groups in total. The Balaban J connectivity index is 3.46. The molecule has 0 aromatic carbocycles. The molecule has 0 spiro atoms. The summed E-state index contributed by atoms with van der Waals surface area (Å²) in [5.74, 6) is 2.67. The van der Waals surface area contributed by atoms with Gasteiger partial charge in [-0.3, -0.25) is 0 Å². The van der Waals surface area contributed by atoms with Crippen molar-refractivity contribution < 1.29 is 0 Å². The molecule has 0 aliphatic carbocycles. The van der Waals surface area contributed by atoms with Crippen LogP contribution in [0, 0.1) is 12.3 Å². The molecular formula is C11H22N2. The van der Waals surface area contributed by atoms with E-state index in [2.05, 4.69) is 30.2 Å². The Bertz CT molecular complexity index is 147. The lowest BCUT2D eigenvalue weighted by molar-refractivity contribution is 0.355. The molecule has 0 aromatic rings. The fourth-order valence-corrected chi connectivity index (χ4v) is 1.30. The summed E-state index contributed by atoms with van der Waals surface area (Å²) in [4.78, 5) is 2.21. The molecule has 0 heterocycles. The molecule has 0 amide bonds. The zero-order valence-electron chi connectivity index (χ0n) is 9.14. The summed E-state index contributed by atoms with van der Waals surface area (Å²) in [6.07, 6.45) is 9.63. The topological polar surface area (TPSA) is 15.3 Å². The van der Waals surface area contributed by atoms with Crippen molar-refractivity contribution in [2.75, 3.05) is 27.7 Å². The molecule has 76 valence electrons. The molecule has 13 heavy (non-hydrogen) atoms. The molecule has 2 nitrogen and oxygen atoms in total. The lowest BCUT2D eigenvalue weighted by atomic mass is 10.1. The van der Waals surface area contributed by atoms with Crippen molar-refractivity contribution in [2.45, 2.75) is 31.7 Å². The van der Waals surface area contributed by atoms with E-state index in [1.807, 2.05) is 7.05 Å². The lowest BCUT2D eigenvalue weighted by Gasteiger charge is -2.18. The molecule has 0 radical (unpaired) electrons. The Morgan fingerprint density at radius 1 is 1.38 bits per heavy atom. The summed E-state index contributed by atoms with van der Waals surface area (Å²) in [5.41, 5.74) is 0. The predicted octanol–water partition coefficient (Wildman–Crippen LogP) is 1.33. The minimum Gasteiger partial charge on any atom is -0.317 e. The van der Waals surface area contributed by atoms with Gasteiger partial charge in [0, 0.05) is 12.5 Å². The van der Waals surface area contributed by atoms with Gasteiger partial charge in [-0.05, 0) is 47.0 Å². The van der Waals surface area contributed by atoms with Crippen molar-refractivity contribution in [1.82, 2.24) is 10.2 Å². The molecule has 0 aliphatic heterocycles. The van der Waals surface area contributed by atoms with Gasteiger partial charge in [-0.1, -0.05) is 0 Å². The van der Waals surface area contributed by atoms with E-state index in [0.717, 1.165) is 19.4 Å². The molecule has 1 atom stereocenters. The third-order valence-corrected chi connectivity index (χ3v) is 2.21. The lowest BCUT2D eigenvalue weighted by Crippen LogP contribution is -2.29. The second-order valence-electron chi connectivity index (χ2n) is 3.67. The zero-order chi connectivity index (χ0) is 10.1. The van der Waals surface area contributed by atoms with E-state index < -0.39 is 0 Å². The van der Waals surface area contributed by atoms with Crippen molar-refractivity contribution in [3.8, 4) is 12.3 Å². The maximum absolute atomic E-state index is 5.20. The monoisotopic (exact) mass is 182 g/mol. The van der Waals surface area contributed by atoms with Gasteiger partial charge in [-0.2, -0.15) is 0 Å². The standard InChI is InChI=1S/C11H22N2/c1-5-6-7-8-11(12-2)9-10-13(3)4/h1,11-12H,6-10H2,2-4H3. The van der Waals surface area contributed by atoms with Crippen LogP contribution in [-0.4, -0.2) is 38.6 Å². The number of hydrogen-bond donors (Lipinski definition) is 1. The summed E-state index contributed by atoms with van der Waals surface area (Å²) in [6, 6.07) is 0.621. The Morgan fingerprint density at radius 3 is 2.54 bits per heavy atom. The molecule has 0 rings (SSSR count). The second-order valence-corrected chi connectivity index (χ2v) is 3.67. The van der Waals surface area contributed by atoms with Gasteiger partial charge in [0.15, 0.2) is 0 Å². The SMILES string of the molecule is C#CCCCC(CCN(C)C)NC. The summed E-state index contributed by atoms with van der Waals surface area (Å²) < 4.78 is 0. The second kappa shape index (κ2) is 8.10. The molecular weight excluding hydrogens is 160 g/mol. The van der Waals surface area contributed by atoms with Crippen LogP contribution in [0.4, 0.5) is 0 Å². The summed E-state index contributed by atoms with van der Waals surface area (Å²) >= 11 is 0. The highest BCUT2D eigenvalue weighted by Crippen LogP contribution is 2.04. The first-order valence-electron chi connectivity index (χ1n) is 4.96. The van der Waals surface area contributed by atoms with Gasteiger partial charge < -0.3 is 10.2 Å². The van der Waals surface area contributed by atoms with Crippen molar-refractivity contribution in [3.05, 3.63) is 0 Å². The normalized spacial score (nSPS) is 12.8. The van der Waals surface area contributed by atoms with Crippen molar-refractivity contribution in [2.24, 2.45) is 0 Å². The van der Waals surface area contributed by atoms with E-state index in [1.54, 1.807) is 0 Å². The fraction of sp³-hybridized carbons (Fsp3) is 0.818. The smallest absolute Gasteiger partial charge is 0.00866 e. The highest BCUT2D eigenvalue weighted by Gasteiger charge is 2.05. The number of nitrogens with zero attached hydrogens (tertiary/aromatic N) is 1. The Morgan fingerprint density at radius 2 is 2.08 bits per heavy atom. The van der Waals surface area contributed by atoms with E-state index in [4.69, 9.17) is 6.42 Å². The van der Waals surface area contributed by atoms with Crippen LogP contribution in [0.2, 0.25) is 0 Å². The fourth-order valence-electron chi connectivity index (χ4n) is 1.30. The third kappa shape index (κ3) is 7.83. The number of unbranched alkanes of at least 4 members (excludes halogenated alkanes) is 1. The first kappa shape index (κ1) is 12.5. The van der Waals surface area contributed by atoms with Crippen LogP contribution in [-0.2, 0) is 0 Å². The molecule has 0 aromatic heterocycles. The van der Waals surface area contributed by atoms with Crippen LogP contribution >= 0.6 is 0 Å². The Labute approximate surface area is 82.7 Å². The van der Waals surface area contributed by atoms with Gasteiger partial charge >= 0.3 is 0 Å². The van der Waals surface area contributed by atoms with Gasteiger partial charge in [0.25, 0.3) is 0 Å². The van der Waals surface area contributed by atoms with Gasteiger partial charge in [-0.25, -0.2) is 0 Å². The number of hydrogen-bond acceptors (Lipinski definition) is 2. The van der Waals surface area contributed by atoms with Crippen molar-refractivity contribution >= 4 is 0 Å². The van der Waals surface area contributed by atoms with Gasteiger partial charge in [0.05, 0.1) is 0 Å². The quantitative estimate of drug-likeness (QED) is 0.472. The predicted molar refractivity (Wildman–Crippen MR) is 58.7 cm³/mol. The van der Waals surface area contributed by atoms with Crippen LogP contribution in [0.5, 0.6) is 0 Å². The summed E-state index contributed by atoms with van der Waals surface area (Å²) in [6.45, 7) is 1.14. The van der Waals surface area contributed by atoms with E-state index in [-0.39, 0.29) is 0 Å². The van der Waals surface area contributed by atoms with E-state index in [0.29, 0.717) is 6.04 Å². The minimum atomic E-state index is 0.621. The van der Waals surface area contributed by atoms with Crippen LogP contribution in [0.3, 0.4) is 0 Å². The van der Waals surface area contributed by atoms with Crippen molar-refractivity contribution in [3.63, 3.8) is 0 Å². The summed E-state index contributed by atoms with van der Waals surface area (Å²) in [5, 5.41) is 3.32. The van der Waals surface area contributed by atoms with Gasteiger partial charge in [0.1, 0.15) is 0 Å². The van der Waals surface area contributed by atoms with Crippen LogP contribution < -0.4 is 5.32 Å². The highest BCUT2D eigenvalue weighted by molar-refractivity contribution is 4.83. The first-order chi connectivity index (χ1) is 6.20. The summed E-state index contributed by atoms with van der Waals surface area (Å²) in [7, 11) is 6.23. The molecule has 0 fully saturated rings. The first-order valence-corrected chi connectivity index (χ1v) is 4.96. The molecule has 0 bridgehead atoms. The minimum absolute atomic E-state index is 0.621. The van der Waals surface area contributed by atoms with Gasteiger partial charge in [0.2, 0.25) is 0 Å². The van der Waals surface area contributed by atoms with Crippen LogP contribution in [0.15, 0.2) is 0 Å². The van der Waals surface area contributed by atoms with E-state index >= 15 is 0 Å². The average Bonchev–Trinajstić information content (AvgIpc) is 2.10.